The summed E-state index contributed by atoms with van der Waals surface area (Å²) in [6.07, 6.45) is 6.81. The first-order valence-corrected chi connectivity index (χ1v) is 12.1. The summed E-state index contributed by atoms with van der Waals surface area (Å²) in [6.45, 7) is 4.45. The molecule has 0 spiro atoms. The Morgan fingerprint density at radius 1 is 1.15 bits per heavy atom. The molecule has 112 valence electrons. The van der Waals surface area contributed by atoms with Crippen molar-refractivity contribution in [3.05, 3.63) is 29.3 Å². The summed E-state index contributed by atoms with van der Waals surface area (Å²) in [6, 6.07) is 7.54. The van der Waals surface area contributed by atoms with Crippen LogP contribution < -0.4 is 5.19 Å². The Labute approximate surface area is 134 Å². The summed E-state index contributed by atoms with van der Waals surface area (Å²) < 4.78 is 0. The quantitative estimate of drug-likeness (QED) is 0.505. The van der Waals surface area contributed by atoms with Crippen LogP contribution in [0.3, 0.4) is 0 Å². The van der Waals surface area contributed by atoms with Gasteiger partial charge >= 0.3 is 0 Å². The molecule has 1 aromatic rings. The Morgan fingerprint density at radius 2 is 1.80 bits per heavy atom. The summed E-state index contributed by atoms with van der Waals surface area (Å²) in [5.41, 5.74) is 2.86. The summed E-state index contributed by atoms with van der Waals surface area (Å²) in [5.74, 6) is 1.80. The van der Waals surface area contributed by atoms with Gasteiger partial charge in [0.15, 0.2) is 0 Å². The lowest BCUT2D eigenvalue weighted by Crippen LogP contribution is -2.35. The van der Waals surface area contributed by atoms with E-state index >= 15 is 0 Å². The van der Waals surface area contributed by atoms with Crippen LogP contribution in [-0.4, -0.2) is 6.69 Å². The molecule has 1 aliphatic carbocycles. The Kier molecular flexibility index (Phi) is 5.61. The highest BCUT2D eigenvalue weighted by atomic mass is 35.7. The van der Waals surface area contributed by atoms with Gasteiger partial charge in [-0.05, 0) is 60.4 Å². The molecule has 0 atom stereocenters. The lowest BCUT2D eigenvalue weighted by Gasteiger charge is -2.27. The van der Waals surface area contributed by atoms with Gasteiger partial charge in [-0.3, -0.25) is 0 Å². The highest BCUT2D eigenvalue weighted by molar-refractivity contribution is 7.50. The van der Waals surface area contributed by atoms with E-state index in [0.717, 1.165) is 17.9 Å². The van der Waals surface area contributed by atoms with Crippen LogP contribution in [0.25, 0.3) is 0 Å². The number of hydrogen-bond donors (Lipinski definition) is 0. The fraction of sp³-hybridized carbons (Fsp3) is 0.647. The number of aryl methyl sites for hydroxylation is 1. The van der Waals surface area contributed by atoms with Gasteiger partial charge in [-0.1, -0.05) is 44.9 Å². The van der Waals surface area contributed by atoms with Gasteiger partial charge in [0, 0.05) is 0 Å². The van der Waals surface area contributed by atoms with E-state index in [4.69, 9.17) is 22.2 Å². The van der Waals surface area contributed by atoms with E-state index in [9.17, 15) is 0 Å². The van der Waals surface area contributed by atoms with Crippen LogP contribution in [0.15, 0.2) is 18.2 Å². The maximum absolute atomic E-state index is 6.48. The van der Waals surface area contributed by atoms with E-state index in [1.165, 1.54) is 48.4 Å². The predicted molar refractivity (Wildman–Crippen MR) is 93.6 cm³/mol. The monoisotopic (exact) mass is 328 g/mol. The molecule has 2 rings (SSSR count). The smallest absolute Gasteiger partial charge is 0.140 e. The van der Waals surface area contributed by atoms with Gasteiger partial charge in [-0.25, -0.2) is 0 Å². The highest BCUT2D eigenvalue weighted by Crippen LogP contribution is 2.31. The van der Waals surface area contributed by atoms with Crippen molar-refractivity contribution in [3.8, 4) is 0 Å². The Morgan fingerprint density at radius 3 is 2.35 bits per heavy atom. The molecule has 0 aliphatic heterocycles. The molecule has 0 saturated heterocycles. The van der Waals surface area contributed by atoms with Gasteiger partial charge < -0.3 is 0 Å². The van der Waals surface area contributed by atoms with E-state index in [0.29, 0.717) is 0 Å². The Bertz CT molecular complexity index is 448. The third kappa shape index (κ3) is 4.02. The predicted octanol–water partition coefficient (Wildman–Crippen LogP) is 5.51. The molecule has 0 radical (unpaired) electrons. The molecule has 0 amide bonds. The number of hydrogen-bond acceptors (Lipinski definition) is 0. The maximum atomic E-state index is 6.48. The van der Waals surface area contributed by atoms with Gasteiger partial charge in [0.1, 0.15) is 0 Å². The van der Waals surface area contributed by atoms with E-state index < -0.39 is 6.69 Å². The largest absolute Gasteiger partial charge is 0.280 e. The molecule has 1 fully saturated rings. The third-order valence-electron chi connectivity index (χ3n) is 4.85. The SMILES string of the molecule is CC[Si](Cl)(Cl)c1ccc(CC2CCC(C)CC2)c(C)c1. The van der Waals surface area contributed by atoms with Crippen LogP contribution >= 0.6 is 22.2 Å². The minimum atomic E-state index is -2.22. The lowest BCUT2D eigenvalue weighted by molar-refractivity contribution is 0.288. The second-order valence-electron chi connectivity index (χ2n) is 6.53. The van der Waals surface area contributed by atoms with E-state index in [-0.39, 0.29) is 0 Å². The van der Waals surface area contributed by atoms with Gasteiger partial charge in [0.25, 0.3) is 6.69 Å². The maximum Gasteiger partial charge on any atom is 0.280 e. The zero-order chi connectivity index (χ0) is 14.8. The highest BCUT2D eigenvalue weighted by Gasteiger charge is 2.29. The molecular formula is C17H26Cl2Si. The molecule has 1 aromatic carbocycles. The zero-order valence-electron chi connectivity index (χ0n) is 12.9. The second-order valence-corrected chi connectivity index (χ2v) is 13.7. The van der Waals surface area contributed by atoms with Crippen LogP contribution in [0.2, 0.25) is 6.04 Å². The minimum Gasteiger partial charge on any atom is -0.140 e. The molecule has 20 heavy (non-hydrogen) atoms. The van der Waals surface area contributed by atoms with Crippen LogP contribution in [0, 0.1) is 18.8 Å². The van der Waals surface area contributed by atoms with Gasteiger partial charge in [-0.15, -0.1) is 22.2 Å². The van der Waals surface area contributed by atoms with Crippen LogP contribution in [0.5, 0.6) is 0 Å². The molecule has 0 heterocycles. The molecule has 0 bridgehead atoms. The van der Waals surface area contributed by atoms with Gasteiger partial charge in [0.2, 0.25) is 0 Å². The molecule has 0 aromatic heterocycles. The first kappa shape index (κ1) is 16.4. The van der Waals surface area contributed by atoms with Crippen molar-refractivity contribution in [2.24, 2.45) is 11.8 Å². The van der Waals surface area contributed by atoms with Crippen LogP contribution in [0.4, 0.5) is 0 Å². The fourth-order valence-corrected chi connectivity index (χ4v) is 5.07. The molecule has 0 nitrogen and oxygen atoms in total. The number of halogens is 2. The summed E-state index contributed by atoms with van der Waals surface area (Å²) >= 11 is 13.0. The molecule has 0 unspecified atom stereocenters. The fourth-order valence-electron chi connectivity index (χ4n) is 3.20. The van der Waals surface area contributed by atoms with Crippen molar-refractivity contribution in [3.63, 3.8) is 0 Å². The third-order valence-corrected chi connectivity index (χ3v) is 9.81. The number of rotatable bonds is 4. The van der Waals surface area contributed by atoms with Crippen molar-refractivity contribution in [1.29, 1.82) is 0 Å². The minimum absolute atomic E-state index is 0.870. The average Bonchev–Trinajstić information content (AvgIpc) is 2.43. The topological polar surface area (TPSA) is 0 Å². The van der Waals surface area contributed by atoms with E-state index in [2.05, 4.69) is 39.0 Å². The molecule has 1 aliphatic rings. The van der Waals surface area contributed by atoms with Crippen molar-refractivity contribution in [2.75, 3.05) is 0 Å². The lowest BCUT2D eigenvalue weighted by atomic mass is 9.79. The van der Waals surface area contributed by atoms with Crippen LogP contribution in [-0.2, 0) is 6.42 Å². The summed E-state index contributed by atoms with van der Waals surface area (Å²) in [4.78, 5) is 0. The van der Waals surface area contributed by atoms with Crippen molar-refractivity contribution in [1.82, 2.24) is 0 Å². The molecular weight excluding hydrogens is 303 g/mol. The summed E-state index contributed by atoms with van der Waals surface area (Å²) in [5, 5.41) is 1.17. The number of benzene rings is 1. The van der Waals surface area contributed by atoms with Gasteiger partial charge in [0.05, 0.1) is 0 Å². The Balaban J connectivity index is 2.06. The van der Waals surface area contributed by atoms with Crippen LogP contribution in [0.1, 0.15) is 50.7 Å². The first-order chi connectivity index (χ1) is 9.42. The van der Waals surface area contributed by atoms with Crippen molar-refractivity contribution >= 4 is 34.0 Å². The average molecular weight is 329 g/mol. The molecule has 3 heteroatoms. The normalized spacial score (nSPS) is 23.9. The zero-order valence-corrected chi connectivity index (χ0v) is 15.4. The van der Waals surface area contributed by atoms with Crippen molar-refractivity contribution < 1.29 is 0 Å². The van der Waals surface area contributed by atoms with Gasteiger partial charge in [-0.2, -0.15) is 0 Å². The van der Waals surface area contributed by atoms with E-state index in [1.807, 2.05) is 0 Å². The second kappa shape index (κ2) is 6.85. The van der Waals surface area contributed by atoms with E-state index in [1.54, 1.807) is 0 Å². The van der Waals surface area contributed by atoms with Crippen molar-refractivity contribution in [2.45, 2.75) is 58.9 Å². The molecule has 1 saturated carbocycles. The summed E-state index contributed by atoms with van der Waals surface area (Å²) in [7, 11) is 0. The molecule has 0 N–H and O–H groups in total. The standard InChI is InChI=1S/C17H26Cl2Si/c1-4-20(18,19)17-10-9-16(14(3)11-17)12-15-7-5-13(2)6-8-15/h9-11,13,15H,4-8,12H2,1-3H3. The Hall–Kier alpha value is 0.0169. The first-order valence-electron chi connectivity index (χ1n) is 7.90.